The molecule has 0 radical (unpaired) electrons. The zero-order valence-corrected chi connectivity index (χ0v) is 8.41. The second-order valence-electron chi connectivity index (χ2n) is 4.47. The molecule has 3 heteroatoms. The van der Waals surface area contributed by atoms with Crippen LogP contribution in [-0.2, 0) is 0 Å². The Morgan fingerprint density at radius 2 is 2.29 bits per heavy atom. The zero-order chi connectivity index (χ0) is 9.97. The minimum absolute atomic E-state index is 0.405. The molecule has 78 valence electrons. The standard InChI is InChI=1S/C11H18N2O/c12-11(14)13-5-1-2-9-6-8-3-4-10(9)7-8/h3-4,8-10H,1-2,5-7H2,(H3,12,13,14). The number of hydrogen-bond acceptors (Lipinski definition) is 1. The van der Waals surface area contributed by atoms with Gasteiger partial charge in [-0.1, -0.05) is 12.2 Å². The Morgan fingerprint density at radius 1 is 1.43 bits per heavy atom. The molecule has 2 amide bonds. The van der Waals surface area contributed by atoms with E-state index in [1.807, 2.05) is 0 Å². The average molecular weight is 194 g/mol. The van der Waals surface area contributed by atoms with Gasteiger partial charge in [-0.3, -0.25) is 0 Å². The third kappa shape index (κ3) is 2.08. The van der Waals surface area contributed by atoms with E-state index in [0.29, 0.717) is 0 Å². The van der Waals surface area contributed by atoms with E-state index in [4.69, 9.17) is 5.73 Å². The summed E-state index contributed by atoms with van der Waals surface area (Å²) in [6.07, 6.45) is 9.76. The predicted molar refractivity (Wildman–Crippen MR) is 55.7 cm³/mol. The molecule has 14 heavy (non-hydrogen) atoms. The Hall–Kier alpha value is -0.990. The Balaban J connectivity index is 1.63. The molecular weight excluding hydrogens is 176 g/mol. The Morgan fingerprint density at radius 3 is 2.86 bits per heavy atom. The lowest BCUT2D eigenvalue weighted by atomic mass is 9.89. The number of carbonyl (C=O) groups is 1. The van der Waals surface area contributed by atoms with Crippen LogP contribution >= 0.6 is 0 Å². The first-order valence-electron chi connectivity index (χ1n) is 5.47. The van der Waals surface area contributed by atoms with E-state index < -0.39 is 6.03 Å². The zero-order valence-electron chi connectivity index (χ0n) is 8.41. The molecule has 0 aromatic carbocycles. The topological polar surface area (TPSA) is 55.1 Å². The van der Waals surface area contributed by atoms with Crippen molar-refractivity contribution < 1.29 is 4.79 Å². The predicted octanol–water partition coefficient (Wildman–Crippen LogP) is 1.65. The molecule has 1 saturated carbocycles. The molecular formula is C11H18N2O. The normalized spacial score (nSPS) is 33.6. The fourth-order valence-electron chi connectivity index (χ4n) is 2.80. The fourth-order valence-corrected chi connectivity index (χ4v) is 2.80. The van der Waals surface area contributed by atoms with Gasteiger partial charge in [0.25, 0.3) is 0 Å². The highest BCUT2D eigenvalue weighted by atomic mass is 16.2. The summed E-state index contributed by atoms with van der Waals surface area (Å²) in [4.78, 5) is 10.4. The lowest BCUT2D eigenvalue weighted by Gasteiger charge is -2.17. The van der Waals surface area contributed by atoms with Crippen molar-refractivity contribution in [3.8, 4) is 0 Å². The highest BCUT2D eigenvalue weighted by molar-refractivity contribution is 5.71. The van der Waals surface area contributed by atoms with Gasteiger partial charge in [0.2, 0.25) is 0 Å². The van der Waals surface area contributed by atoms with Crippen molar-refractivity contribution in [3.05, 3.63) is 12.2 Å². The van der Waals surface area contributed by atoms with Crippen LogP contribution in [0.5, 0.6) is 0 Å². The maximum Gasteiger partial charge on any atom is 0.312 e. The van der Waals surface area contributed by atoms with Crippen LogP contribution in [0.15, 0.2) is 12.2 Å². The smallest absolute Gasteiger partial charge is 0.312 e. The van der Waals surface area contributed by atoms with Gasteiger partial charge in [-0.2, -0.15) is 0 Å². The van der Waals surface area contributed by atoms with Gasteiger partial charge in [-0.05, 0) is 43.4 Å². The Labute approximate surface area is 84.7 Å². The minimum atomic E-state index is -0.405. The summed E-state index contributed by atoms with van der Waals surface area (Å²) in [6, 6.07) is -0.405. The van der Waals surface area contributed by atoms with Crippen LogP contribution in [0.3, 0.4) is 0 Å². The number of primary amides is 1. The molecule has 3 atom stereocenters. The van der Waals surface area contributed by atoms with E-state index in [0.717, 1.165) is 30.7 Å². The van der Waals surface area contributed by atoms with Gasteiger partial charge in [-0.15, -0.1) is 0 Å². The van der Waals surface area contributed by atoms with Crippen molar-refractivity contribution in [1.29, 1.82) is 0 Å². The third-order valence-electron chi connectivity index (χ3n) is 3.47. The highest BCUT2D eigenvalue weighted by Gasteiger charge is 2.34. The van der Waals surface area contributed by atoms with Gasteiger partial charge < -0.3 is 11.1 Å². The van der Waals surface area contributed by atoms with Crippen LogP contribution in [0.2, 0.25) is 0 Å². The van der Waals surface area contributed by atoms with Gasteiger partial charge in [0.15, 0.2) is 0 Å². The largest absolute Gasteiger partial charge is 0.352 e. The molecule has 2 aliphatic rings. The molecule has 2 aliphatic carbocycles. The number of rotatable bonds is 4. The molecule has 2 bridgehead atoms. The summed E-state index contributed by atoms with van der Waals surface area (Å²) < 4.78 is 0. The van der Waals surface area contributed by atoms with Crippen LogP contribution < -0.4 is 11.1 Å². The number of hydrogen-bond donors (Lipinski definition) is 2. The van der Waals surface area contributed by atoms with Crippen molar-refractivity contribution >= 4 is 6.03 Å². The maximum absolute atomic E-state index is 10.4. The summed E-state index contributed by atoms with van der Waals surface area (Å²) in [6.45, 7) is 0.729. The van der Waals surface area contributed by atoms with Crippen LogP contribution in [0.1, 0.15) is 25.7 Å². The number of allylic oxidation sites excluding steroid dienone is 2. The molecule has 1 fully saturated rings. The van der Waals surface area contributed by atoms with Crippen LogP contribution in [0.25, 0.3) is 0 Å². The van der Waals surface area contributed by atoms with Crippen LogP contribution in [0.4, 0.5) is 4.79 Å². The first kappa shape index (κ1) is 9.56. The van der Waals surface area contributed by atoms with E-state index in [1.165, 1.54) is 19.3 Å². The third-order valence-corrected chi connectivity index (χ3v) is 3.47. The van der Waals surface area contributed by atoms with Gasteiger partial charge >= 0.3 is 6.03 Å². The molecule has 3 unspecified atom stereocenters. The van der Waals surface area contributed by atoms with Crippen molar-refractivity contribution in [2.75, 3.05) is 6.54 Å². The average Bonchev–Trinajstić information content (AvgIpc) is 2.73. The summed E-state index contributed by atoms with van der Waals surface area (Å²) in [7, 11) is 0. The Kier molecular flexibility index (Phi) is 2.75. The molecule has 3 N–H and O–H groups in total. The first-order chi connectivity index (χ1) is 6.75. The number of urea groups is 1. The van der Waals surface area contributed by atoms with Gasteiger partial charge in [0.1, 0.15) is 0 Å². The lowest BCUT2D eigenvalue weighted by molar-refractivity contribution is 0.248. The van der Waals surface area contributed by atoms with E-state index >= 15 is 0 Å². The van der Waals surface area contributed by atoms with Gasteiger partial charge in [0, 0.05) is 6.54 Å². The van der Waals surface area contributed by atoms with Crippen LogP contribution in [0, 0.1) is 17.8 Å². The van der Waals surface area contributed by atoms with Crippen molar-refractivity contribution in [2.45, 2.75) is 25.7 Å². The fraction of sp³-hybridized carbons (Fsp3) is 0.727. The molecule has 0 aromatic rings. The molecule has 3 nitrogen and oxygen atoms in total. The number of nitrogens with one attached hydrogen (secondary N) is 1. The number of fused-ring (bicyclic) bond motifs is 2. The summed E-state index contributed by atoms with van der Waals surface area (Å²) in [5.41, 5.74) is 4.99. The van der Waals surface area contributed by atoms with Crippen LogP contribution in [-0.4, -0.2) is 12.6 Å². The number of carbonyl (C=O) groups excluding carboxylic acids is 1. The summed E-state index contributed by atoms with van der Waals surface area (Å²) >= 11 is 0. The lowest BCUT2D eigenvalue weighted by Crippen LogP contribution is -2.30. The van der Waals surface area contributed by atoms with E-state index in [2.05, 4.69) is 17.5 Å². The van der Waals surface area contributed by atoms with Crippen molar-refractivity contribution in [3.63, 3.8) is 0 Å². The Bertz CT molecular complexity index is 250. The van der Waals surface area contributed by atoms with E-state index in [-0.39, 0.29) is 0 Å². The second-order valence-corrected chi connectivity index (χ2v) is 4.47. The number of nitrogens with two attached hydrogens (primary N) is 1. The van der Waals surface area contributed by atoms with Crippen molar-refractivity contribution in [2.24, 2.45) is 23.5 Å². The van der Waals surface area contributed by atoms with Crippen molar-refractivity contribution in [1.82, 2.24) is 5.32 Å². The van der Waals surface area contributed by atoms with Gasteiger partial charge in [-0.25, -0.2) is 4.79 Å². The summed E-state index contributed by atoms with van der Waals surface area (Å²) in [5.74, 6) is 2.54. The maximum atomic E-state index is 10.4. The molecule has 0 aliphatic heterocycles. The molecule has 2 rings (SSSR count). The SMILES string of the molecule is NC(=O)NCCCC1CC2C=CC1C2. The monoisotopic (exact) mass is 194 g/mol. The first-order valence-corrected chi connectivity index (χ1v) is 5.47. The van der Waals surface area contributed by atoms with E-state index in [9.17, 15) is 4.79 Å². The number of amides is 2. The quantitative estimate of drug-likeness (QED) is 0.519. The highest BCUT2D eigenvalue weighted by Crippen LogP contribution is 2.45. The molecule has 0 spiro atoms. The summed E-state index contributed by atoms with van der Waals surface area (Å²) in [5, 5.41) is 2.63. The molecule has 0 heterocycles. The second kappa shape index (κ2) is 4.03. The minimum Gasteiger partial charge on any atom is -0.352 e. The van der Waals surface area contributed by atoms with E-state index in [1.54, 1.807) is 0 Å². The van der Waals surface area contributed by atoms with Gasteiger partial charge in [0.05, 0.1) is 0 Å². The molecule has 0 aromatic heterocycles. The molecule has 0 saturated heterocycles.